The fourth-order valence-corrected chi connectivity index (χ4v) is 2.75. The highest BCUT2D eigenvalue weighted by atomic mass is 16.6. The number of nitro benzene ring substituents is 1. The molecular weight excluding hydrogens is 258 g/mol. The standard InChI is InChI=1S/C15H19NO4/c1-10-8-11(2)15(13(9-10)16(18)19)20-7-6-12-4-3-5-14(12)17/h8-9,12H,3-7H2,1-2H3. The molecule has 1 unspecified atom stereocenters. The highest BCUT2D eigenvalue weighted by Crippen LogP contribution is 2.33. The molecule has 5 nitrogen and oxygen atoms in total. The molecular formula is C15H19NO4. The molecule has 20 heavy (non-hydrogen) atoms. The lowest BCUT2D eigenvalue weighted by atomic mass is 10.0. The van der Waals surface area contributed by atoms with E-state index >= 15 is 0 Å². The quantitative estimate of drug-likeness (QED) is 0.611. The van der Waals surface area contributed by atoms with Gasteiger partial charge in [-0.2, -0.15) is 0 Å². The van der Waals surface area contributed by atoms with Crippen LogP contribution < -0.4 is 4.74 Å². The summed E-state index contributed by atoms with van der Waals surface area (Å²) in [7, 11) is 0. The first-order chi connectivity index (χ1) is 9.49. The van der Waals surface area contributed by atoms with Crippen LogP contribution in [0, 0.1) is 29.9 Å². The number of nitro groups is 1. The number of nitrogens with zero attached hydrogens (tertiary/aromatic N) is 1. The minimum absolute atomic E-state index is 0.000230. The monoisotopic (exact) mass is 277 g/mol. The van der Waals surface area contributed by atoms with Gasteiger partial charge >= 0.3 is 5.69 Å². The van der Waals surface area contributed by atoms with E-state index in [1.165, 1.54) is 6.07 Å². The second kappa shape index (κ2) is 6.03. The Morgan fingerprint density at radius 1 is 1.40 bits per heavy atom. The highest BCUT2D eigenvalue weighted by Gasteiger charge is 2.25. The van der Waals surface area contributed by atoms with Crippen molar-refractivity contribution in [2.75, 3.05) is 6.61 Å². The molecule has 0 N–H and O–H groups in total. The molecule has 1 aliphatic rings. The molecule has 1 fully saturated rings. The number of hydrogen-bond acceptors (Lipinski definition) is 4. The van der Waals surface area contributed by atoms with Crippen LogP contribution in [0.5, 0.6) is 5.75 Å². The van der Waals surface area contributed by atoms with E-state index in [-0.39, 0.29) is 11.6 Å². The smallest absolute Gasteiger partial charge is 0.311 e. The second-order valence-corrected chi connectivity index (χ2v) is 5.38. The Kier molecular flexibility index (Phi) is 4.37. The fourth-order valence-electron chi connectivity index (χ4n) is 2.75. The van der Waals surface area contributed by atoms with Gasteiger partial charge < -0.3 is 4.74 Å². The first-order valence-electron chi connectivity index (χ1n) is 6.90. The molecule has 2 rings (SSSR count). The number of benzene rings is 1. The number of ether oxygens (including phenoxy) is 1. The number of carbonyl (C=O) groups excluding carboxylic acids is 1. The zero-order valence-corrected chi connectivity index (χ0v) is 11.8. The van der Waals surface area contributed by atoms with Crippen LogP contribution in [0.3, 0.4) is 0 Å². The summed E-state index contributed by atoms with van der Waals surface area (Å²) in [6, 6.07) is 3.38. The normalized spacial score (nSPS) is 18.3. The lowest BCUT2D eigenvalue weighted by Gasteiger charge is -2.12. The van der Waals surface area contributed by atoms with Crippen LogP contribution in [0.25, 0.3) is 0 Å². The Bertz CT molecular complexity index is 539. The molecule has 1 atom stereocenters. The van der Waals surface area contributed by atoms with E-state index in [0.29, 0.717) is 31.0 Å². The predicted molar refractivity (Wildman–Crippen MR) is 75.0 cm³/mol. The first kappa shape index (κ1) is 14.5. The van der Waals surface area contributed by atoms with E-state index in [1.54, 1.807) is 6.92 Å². The lowest BCUT2D eigenvalue weighted by Crippen LogP contribution is -2.12. The van der Waals surface area contributed by atoms with E-state index in [9.17, 15) is 14.9 Å². The third kappa shape index (κ3) is 3.15. The average Bonchev–Trinajstić information content (AvgIpc) is 2.77. The van der Waals surface area contributed by atoms with Gasteiger partial charge in [0.05, 0.1) is 11.5 Å². The average molecular weight is 277 g/mol. The molecule has 0 saturated heterocycles. The van der Waals surface area contributed by atoms with Crippen molar-refractivity contribution in [1.82, 2.24) is 0 Å². The number of Topliss-reactive ketones (excluding diaryl/α,β-unsaturated/α-hetero) is 1. The molecule has 1 aliphatic carbocycles. The zero-order chi connectivity index (χ0) is 14.7. The summed E-state index contributed by atoms with van der Waals surface area (Å²) < 4.78 is 5.60. The summed E-state index contributed by atoms with van der Waals surface area (Å²) in [5, 5.41) is 11.1. The summed E-state index contributed by atoms with van der Waals surface area (Å²) in [6.07, 6.45) is 3.17. The predicted octanol–water partition coefficient (Wildman–Crippen LogP) is 3.35. The molecule has 1 saturated carbocycles. The van der Waals surface area contributed by atoms with Gasteiger partial charge in [-0.15, -0.1) is 0 Å². The van der Waals surface area contributed by atoms with E-state index in [2.05, 4.69) is 0 Å². The molecule has 1 aromatic rings. The van der Waals surface area contributed by atoms with Crippen LogP contribution in [0.2, 0.25) is 0 Å². The van der Waals surface area contributed by atoms with E-state index in [0.717, 1.165) is 24.0 Å². The van der Waals surface area contributed by atoms with Crippen molar-refractivity contribution >= 4 is 11.5 Å². The van der Waals surface area contributed by atoms with Gasteiger partial charge in [0.1, 0.15) is 5.78 Å². The Labute approximate surface area is 118 Å². The van der Waals surface area contributed by atoms with Gasteiger partial charge in [0, 0.05) is 18.4 Å². The number of hydrogen-bond donors (Lipinski definition) is 0. The molecule has 0 radical (unpaired) electrons. The topological polar surface area (TPSA) is 69.4 Å². The molecule has 5 heteroatoms. The summed E-state index contributed by atoms with van der Waals surface area (Å²) in [6.45, 7) is 3.97. The van der Waals surface area contributed by atoms with Gasteiger partial charge in [-0.25, -0.2) is 0 Å². The van der Waals surface area contributed by atoms with E-state index in [1.807, 2.05) is 13.0 Å². The fraction of sp³-hybridized carbons (Fsp3) is 0.533. The molecule has 0 aliphatic heterocycles. The second-order valence-electron chi connectivity index (χ2n) is 5.38. The molecule has 0 amide bonds. The van der Waals surface area contributed by atoms with Crippen LogP contribution in [0.15, 0.2) is 12.1 Å². The Balaban J connectivity index is 2.05. The number of rotatable bonds is 5. The van der Waals surface area contributed by atoms with Crippen LogP contribution in [-0.4, -0.2) is 17.3 Å². The van der Waals surface area contributed by atoms with Crippen LogP contribution in [0.1, 0.15) is 36.8 Å². The Morgan fingerprint density at radius 2 is 2.15 bits per heavy atom. The van der Waals surface area contributed by atoms with Crippen LogP contribution >= 0.6 is 0 Å². The van der Waals surface area contributed by atoms with Crippen molar-refractivity contribution < 1.29 is 14.5 Å². The Hall–Kier alpha value is -1.91. The van der Waals surface area contributed by atoms with Crippen LogP contribution in [0.4, 0.5) is 5.69 Å². The summed E-state index contributed by atoms with van der Waals surface area (Å²) in [4.78, 5) is 22.2. The van der Waals surface area contributed by atoms with Gasteiger partial charge in [0.15, 0.2) is 5.75 Å². The maximum Gasteiger partial charge on any atom is 0.311 e. The SMILES string of the molecule is Cc1cc(C)c(OCCC2CCCC2=O)c([N+](=O)[O-])c1. The zero-order valence-electron chi connectivity index (χ0n) is 11.8. The van der Waals surface area contributed by atoms with Gasteiger partial charge in [-0.1, -0.05) is 6.07 Å². The van der Waals surface area contributed by atoms with Crippen molar-refractivity contribution in [2.45, 2.75) is 39.5 Å². The molecule has 0 heterocycles. The maximum absolute atomic E-state index is 11.5. The van der Waals surface area contributed by atoms with Gasteiger partial charge in [0.25, 0.3) is 0 Å². The summed E-state index contributed by atoms with van der Waals surface area (Å²) >= 11 is 0. The van der Waals surface area contributed by atoms with Gasteiger partial charge in [0.2, 0.25) is 0 Å². The lowest BCUT2D eigenvalue weighted by molar-refractivity contribution is -0.386. The molecule has 108 valence electrons. The van der Waals surface area contributed by atoms with Crippen molar-refractivity contribution in [3.05, 3.63) is 33.4 Å². The Morgan fingerprint density at radius 3 is 2.75 bits per heavy atom. The van der Waals surface area contributed by atoms with Crippen molar-refractivity contribution in [1.29, 1.82) is 0 Å². The minimum atomic E-state index is -0.421. The molecule has 0 spiro atoms. The van der Waals surface area contributed by atoms with Crippen molar-refractivity contribution in [3.63, 3.8) is 0 Å². The maximum atomic E-state index is 11.5. The number of carbonyl (C=O) groups is 1. The van der Waals surface area contributed by atoms with Crippen LogP contribution in [-0.2, 0) is 4.79 Å². The van der Waals surface area contributed by atoms with Crippen molar-refractivity contribution in [2.24, 2.45) is 5.92 Å². The third-order valence-electron chi connectivity index (χ3n) is 3.74. The van der Waals surface area contributed by atoms with E-state index < -0.39 is 4.92 Å². The van der Waals surface area contributed by atoms with E-state index in [4.69, 9.17) is 4.74 Å². The van der Waals surface area contributed by atoms with Gasteiger partial charge in [-0.05, 0) is 44.2 Å². The molecule has 0 aromatic heterocycles. The molecule has 0 bridgehead atoms. The highest BCUT2D eigenvalue weighted by molar-refractivity contribution is 5.82. The summed E-state index contributed by atoms with van der Waals surface area (Å²) in [5.41, 5.74) is 1.60. The largest absolute Gasteiger partial charge is 0.487 e. The summed E-state index contributed by atoms with van der Waals surface area (Å²) in [5.74, 6) is 0.689. The van der Waals surface area contributed by atoms with Crippen molar-refractivity contribution in [3.8, 4) is 5.75 Å². The first-order valence-corrected chi connectivity index (χ1v) is 6.90. The molecule has 1 aromatic carbocycles. The number of ketones is 1. The van der Waals surface area contributed by atoms with Gasteiger partial charge in [-0.3, -0.25) is 14.9 Å². The number of aryl methyl sites for hydroxylation is 2. The third-order valence-corrected chi connectivity index (χ3v) is 3.74. The minimum Gasteiger partial charge on any atom is -0.487 e.